The molecule has 0 aliphatic rings. The number of fused-ring (bicyclic) bond motifs is 5. The van der Waals surface area contributed by atoms with E-state index >= 15 is 0 Å². The Bertz CT molecular complexity index is 2390. The Hall–Kier alpha value is -5.42. The van der Waals surface area contributed by atoms with Crippen LogP contribution in [-0.4, -0.2) is 24.6 Å². The molecule has 8 rings (SSSR count). The van der Waals surface area contributed by atoms with Crippen molar-refractivity contribution < 1.29 is 5.11 Å². The molecule has 8 aromatic rings. The molecule has 0 saturated carbocycles. The van der Waals surface area contributed by atoms with Gasteiger partial charge in [-0.3, -0.25) is 0 Å². The van der Waals surface area contributed by atoms with Crippen LogP contribution in [0.5, 0.6) is 5.75 Å². The molecule has 0 amide bonds. The van der Waals surface area contributed by atoms with E-state index in [1.807, 2.05) is 12.1 Å². The molecular formula is C39H32N4O. The van der Waals surface area contributed by atoms with Crippen molar-refractivity contribution in [3.63, 3.8) is 0 Å². The fraction of sp³-hybridized carbons (Fsp3) is 0.128. The molecule has 0 aliphatic carbocycles. The summed E-state index contributed by atoms with van der Waals surface area (Å²) in [6, 6.07) is 35.7. The Kier molecular flexibility index (Phi) is 5.85. The van der Waals surface area contributed by atoms with Gasteiger partial charge in [0.05, 0.1) is 22.2 Å². The van der Waals surface area contributed by atoms with Crippen LogP contribution >= 0.6 is 0 Å². The zero-order valence-electron chi connectivity index (χ0n) is 25.2. The van der Waals surface area contributed by atoms with Crippen LogP contribution in [0.25, 0.3) is 77.5 Å². The Morgan fingerprint density at radius 1 is 0.659 bits per heavy atom. The monoisotopic (exact) mass is 572 g/mol. The van der Waals surface area contributed by atoms with Gasteiger partial charge in [0.25, 0.3) is 0 Å². The maximum atomic E-state index is 11.0. The number of imidazole rings is 1. The van der Waals surface area contributed by atoms with Crippen molar-refractivity contribution in [3.05, 3.63) is 114 Å². The summed E-state index contributed by atoms with van der Waals surface area (Å²) in [5.41, 5.74) is 12.0. The van der Waals surface area contributed by atoms with Crippen molar-refractivity contribution >= 4 is 43.7 Å². The second-order valence-electron chi connectivity index (χ2n) is 12.1. The molecule has 2 N–H and O–H groups in total. The number of rotatable bonds is 4. The van der Waals surface area contributed by atoms with E-state index in [9.17, 15) is 5.11 Å². The minimum absolute atomic E-state index is 0.168. The van der Waals surface area contributed by atoms with Gasteiger partial charge in [-0.1, -0.05) is 83.9 Å². The number of benzene rings is 5. The van der Waals surface area contributed by atoms with E-state index < -0.39 is 0 Å². The molecule has 0 spiro atoms. The SMILES string of the molecule is Cc1cc(C)cc(-c2cc(-c3cccc4c3nc(-c3cccc5c3[nH]c3ccccc35)n4C(C)C)nc3c(O)cccc23)c1. The van der Waals surface area contributed by atoms with Crippen LogP contribution in [0.4, 0.5) is 0 Å². The first-order chi connectivity index (χ1) is 21.4. The minimum atomic E-state index is 0.168. The molecule has 0 aliphatic heterocycles. The summed E-state index contributed by atoms with van der Waals surface area (Å²) in [7, 11) is 0. The molecule has 5 heteroatoms. The maximum absolute atomic E-state index is 11.0. The predicted octanol–water partition coefficient (Wildman–Crippen LogP) is 10.1. The minimum Gasteiger partial charge on any atom is -0.506 e. The molecule has 0 saturated heterocycles. The highest BCUT2D eigenvalue weighted by Gasteiger charge is 2.22. The molecule has 0 atom stereocenters. The first kappa shape index (κ1) is 26.2. The number of phenolic OH excluding ortho intramolecular Hbond substituents is 1. The summed E-state index contributed by atoms with van der Waals surface area (Å²) in [5, 5.41) is 14.3. The fourth-order valence-corrected chi connectivity index (χ4v) is 6.84. The van der Waals surface area contributed by atoms with Gasteiger partial charge in [-0.05, 0) is 69.2 Å². The summed E-state index contributed by atoms with van der Waals surface area (Å²) in [5.74, 6) is 1.08. The summed E-state index contributed by atoms with van der Waals surface area (Å²) >= 11 is 0. The Morgan fingerprint density at radius 2 is 1.36 bits per heavy atom. The van der Waals surface area contributed by atoms with Crippen molar-refractivity contribution in [2.45, 2.75) is 33.7 Å². The lowest BCUT2D eigenvalue weighted by Crippen LogP contribution is -2.03. The number of aromatic nitrogens is 4. The summed E-state index contributed by atoms with van der Waals surface area (Å²) in [4.78, 5) is 14.1. The number of pyridine rings is 1. The number of hydrogen-bond acceptors (Lipinski definition) is 3. The third-order valence-electron chi connectivity index (χ3n) is 8.65. The van der Waals surface area contributed by atoms with E-state index in [4.69, 9.17) is 9.97 Å². The first-order valence-electron chi connectivity index (χ1n) is 15.1. The molecule has 0 bridgehead atoms. The van der Waals surface area contributed by atoms with Crippen LogP contribution in [-0.2, 0) is 0 Å². The third-order valence-corrected chi connectivity index (χ3v) is 8.65. The van der Waals surface area contributed by atoms with E-state index in [0.717, 1.165) is 61.2 Å². The molecule has 0 radical (unpaired) electrons. The van der Waals surface area contributed by atoms with Crippen molar-refractivity contribution in [2.75, 3.05) is 0 Å². The van der Waals surface area contributed by atoms with Gasteiger partial charge in [-0.15, -0.1) is 0 Å². The van der Waals surface area contributed by atoms with E-state index in [2.05, 4.69) is 122 Å². The predicted molar refractivity (Wildman–Crippen MR) is 182 cm³/mol. The van der Waals surface area contributed by atoms with Gasteiger partial charge in [0.1, 0.15) is 17.1 Å². The maximum Gasteiger partial charge on any atom is 0.143 e. The largest absolute Gasteiger partial charge is 0.506 e. The average Bonchev–Trinajstić information content (AvgIpc) is 3.59. The van der Waals surface area contributed by atoms with E-state index in [0.29, 0.717) is 5.52 Å². The molecule has 0 fully saturated rings. The number of H-pyrrole nitrogens is 1. The van der Waals surface area contributed by atoms with Gasteiger partial charge in [-0.25, -0.2) is 9.97 Å². The van der Waals surface area contributed by atoms with Gasteiger partial charge in [0.2, 0.25) is 0 Å². The average molecular weight is 573 g/mol. The number of aromatic hydroxyl groups is 1. The standard InChI is InChI=1S/C39H32N4O/c1-22(2)43-34-16-8-13-29(37(34)42-39(43)30-14-7-11-27-26-10-5-6-15-32(26)40-36(27)30)33-21-31(25-19-23(3)18-24(4)20-25)28-12-9-17-35(44)38(28)41-33/h5-22,40,44H,1-4H3. The van der Waals surface area contributed by atoms with E-state index in [1.165, 1.54) is 21.9 Å². The van der Waals surface area contributed by atoms with Gasteiger partial charge < -0.3 is 14.7 Å². The number of aryl methyl sites for hydroxylation is 2. The second kappa shape index (κ2) is 9.81. The van der Waals surface area contributed by atoms with Crippen molar-refractivity contribution in [1.82, 2.24) is 19.5 Å². The summed E-state index contributed by atoms with van der Waals surface area (Å²) in [6.07, 6.45) is 0. The van der Waals surface area contributed by atoms with Gasteiger partial charge in [0.15, 0.2) is 0 Å². The lowest BCUT2D eigenvalue weighted by Gasteiger charge is -2.14. The number of nitrogens with one attached hydrogen (secondary N) is 1. The summed E-state index contributed by atoms with van der Waals surface area (Å²) in [6.45, 7) is 8.64. The number of nitrogens with zero attached hydrogens (tertiary/aromatic N) is 3. The lowest BCUT2D eigenvalue weighted by atomic mass is 9.95. The molecule has 5 aromatic carbocycles. The normalized spacial score (nSPS) is 11.9. The number of aromatic amines is 1. The van der Waals surface area contributed by atoms with Crippen molar-refractivity contribution in [2.24, 2.45) is 0 Å². The van der Waals surface area contributed by atoms with Crippen molar-refractivity contribution in [1.29, 1.82) is 0 Å². The van der Waals surface area contributed by atoms with Gasteiger partial charge >= 0.3 is 0 Å². The van der Waals surface area contributed by atoms with Crippen LogP contribution in [0, 0.1) is 13.8 Å². The Labute approximate surface area is 255 Å². The first-order valence-corrected chi connectivity index (χ1v) is 15.1. The summed E-state index contributed by atoms with van der Waals surface area (Å²) < 4.78 is 2.32. The number of para-hydroxylation sites is 4. The zero-order chi connectivity index (χ0) is 30.1. The topological polar surface area (TPSA) is 66.7 Å². The molecule has 44 heavy (non-hydrogen) atoms. The molecule has 3 heterocycles. The third kappa shape index (κ3) is 4.00. The number of hydrogen-bond donors (Lipinski definition) is 2. The Balaban J connectivity index is 1.42. The zero-order valence-corrected chi connectivity index (χ0v) is 25.2. The van der Waals surface area contributed by atoms with E-state index in [1.54, 1.807) is 6.07 Å². The second-order valence-corrected chi connectivity index (χ2v) is 12.1. The molecule has 214 valence electrons. The number of phenols is 1. The molecule has 5 nitrogen and oxygen atoms in total. The van der Waals surface area contributed by atoms with Crippen LogP contribution in [0.3, 0.4) is 0 Å². The quantitative estimate of drug-likeness (QED) is 0.220. The lowest BCUT2D eigenvalue weighted by molar-refractivity contribution is 0.480. The highest BCUT2D eigenvalue weighted by Crippen LogP contribution is 2.40. The molecule has 0 unspecified atom stereocenters. The fourth-order valence-electron chi connectivity index (χ4n) is 6.84. The Morgan fingerprint density at radius 3 is 2.18 bits per heavy atom. The van der Waals surface area contributed by atoms with Crippen LogP contribution < -0.4 is 0 Å². The van der Waals surface area contributed by atoms with E-state index in [-0.39, 0.29) is 11.8 Å². The van der Waals surface area contributed by atoms with Gasteiger partial charge in [0, 0.05) is 38.8 Å². The highest BCUT2D eigenvalue weighted by atomic mass is 16.3. The van der Waals surface area contributed by atoms with Crippen LogP contribution in [0.15, 0.2) is 103 Å². The molecule has 3 aromatic heterocycles. The molecular weight excluding hydrogens is 540 g/mol. The van der Waals surface area contributed by atoms with Crippen LogP contribution in [0.1, 0.15) is 31.0 Å². The van der Waals surface area contributed by atoms with Crippen molar-refractivity contribution in [3.8, 4) is 39.5 Å². The van der Waals surface area contributed by atoms with Gasteiger partial charge in [-0.2, -0.15) is 0 Å². The highest BCUT2D eigenvalue weighted by molar-refractivity contribution is 6.12. The van der Waals surface area contributed by atoms with Crippen LogP contribution in [0.2, 0.25) is 0 Å². The smallest absolute Gasteiger partial charge is 0.143 e.